The van der Waals surface area contributed by atoms with Crippen LogP contribution in [0.3, 0.4) is 0 Å². The third-order valence-electron chi connectivity index (χ3n) is 5.56. The second-order valence-electron chi connectivity index (χ2n) is 7.06. The Hall–Kier alpha value is -1.16. The minimum absolute atomic E-state index is 0.327. The maximum Gasteiger partial charge on any atom is 0.237 e. The summed E-state index contributed by atoms with van der Waals surface area (Å²) in [6, 6.07) is 2.19. The molecule has 4 aliphatic rings. The number of nitrogens with two attached hydrogens (primary N) is 1. The number of rotatable bonds is 2. The van der Waals surface area contributed by atoms with Crippen molar-refractivity contribution in [3.63, 3.8) is 0 Å². The van der Waals surface area contributed by atoms with E-state index in [2.05, 4.69) is 16.5 Å². The zero-order valence-electron chi connectivity index (χ0n) is 11.5. The van der Waals surface area contributed by atoms with Crippen LogP contribution in [0.5, 0.6) is 0 Å². The van der Waals surface area contributed by atoms with E-state index >= 15 is 0 Å². The minimum Gasteiger partial charge on any atom is -0.292 e. The molecule has 1 heterocycles. The van der Waals surface area contributed by atoms with Crippen LogP contribution >= 0.6 is 0 Å². The second-order valence-corrected chi connectivity index (χ2v) is 7.06. The monoisotopic (exact) mass is 258 g/mol. The molecule has 0 aliphatic heterocycles. The molecule has 0 unspecified atom stereocenters. The standard InChI is InChI=1S/C15H22N4/c1-9-2-13(18-14(17-9)19-16)15-6-10-3-11(7-15)5-12(4-10)8-15/h2,10-12H,3-8,16H2,1H3,(H,17,18,19). The summed E-state index contributed by atoms with van der Waals surface area (Å²) < 4.78 is 0. The van der Waals surface area contributed by atoms with Crippen LogP contribution in [0.25, 0.3) is 0 Å². The lowest BCUT2D eigenvalue weighted by molar-refractivity contribution is -0.00722. The SMILES string of the molecule is Cc1cc(C23CC4CC(CC(C4)C2)C3)nc(NN)n1. The van der Waals surface area contributed by atoms with E-state index in [0.29, 0.717) is 11.4 Å². The van der Waals surface area contributed by atoms with Gasteiger partial charge < -0.3 is 0 Å². The van der Waals surface area contributed by atoms with E-state index in [0.717, 1.165) is 23.4 Å². The van der Waals surface area contributed by atoms with Gasteiger partial charge in [0.15, 0.2) is 0 Å². The molecule has 19 heavy (non-hydrogen) atoms. The number of nitrogens with zero attached hydrogens (tertiary/aromatic N) is 2. The lowest BCUT2D eigenvalue weighted by Crippen LogP contribution is -2.49. The van der Waals surface area contributed by atoms with E-state index in [9.17, 15) is 0 Å². The summed E-state index contributed by atoms with van der Waals surface area (Å²) in [4.78, 5) is 9.03. The first-order valence-corrected chi connectivity index (χ1v) is 7.50. The molecule has 1 aromatic rings. The molecule has 5 rings (SSSR count). The molecule has 0 aromatic carbocycles. The van der Waals surface area contributed by atoms with E-state index in [1.165, 1.54) is 44.2 Å². The van der Waals surface area contributed by atoms with Gasteiger partial charge in [-0.1, -0.05) is 0 Å². The third kappa shape index (κ3) is 1.76. The Kier molecular flexibility index (Phi) is 2.40. The van der Waals surface area contributed by atoms with Crippen LogP contribution < -0.4 is 11.3 Å². The van der Waals surface area contributed by atoms with Gasteiger partial charge in [-0.25, -0.2) is 15.8 Å². The van der Waals surface area contributed by atoms with E-state index in [1.807, 2.05) is 6.92 Å². The summed E-state index contributed by atoms with van der Waals surface area (Å²) in [7, 11) is 0. The smallest absolute Gasteiger partial charge is 0.237 e. The molecule has 4 aliphatic carbocycles. The van der Waals surface area contributed by atoms with Gasteiger partial charge in [-0.3, -0.25) is 5.43 Å². The highest BCUT2D eigenvalue weighted by Gasteiger charge is 2.52. The predicted octanol–water partition coefficient (Wildman–Crippen LogP) is 2.54. The number of anilines is 1. The first kappa shape index (κ1) is 11.6. The molecule has 102 valence electrons. The molecule has 0 spiro atoms. The summed E-state index contributed by atoms with van der Waals surface area (Å²) in [5, 5.41) is 0. The number of aryl methyl sites for hydroxylation is 1. The highest BCUT2D eigenvalue weighted by atomic mass is 15.3. The molecule has 3 N–H and O–H groups in total. The van der Waals surface area contributed by atoms with Gasteiger partial charge in [0.2, 0.25) is 5.95 Å². The Labute approximate surface area is 114 Å². The maximum atomic E-state index is 5.50. The molecular formula is C15H22N4. The van der Waals surface area contributed by atoms with Crippen molar-refractivity contribution in [2.24, 2.45) is 23.6 Å². The second kappa shape index (κ2) is 3.92. The summed E-state index contributed by atoms with van der Waals surface area (Å²) in [6.45, 7) is 2.03. The third-order valence-corrected chi connectivity index (χ3v) is 5.56. The summed E-state index contributed by atoms with van der Waals surface area (Å²) in [5.74, 6) is 8.90. The Bertz CT molecular complexity index is 476. The van der Waals surface area contributed by atoms with E-state index in [-0.39, 0.29) is 0 Å². The van der Waals surface area contributed by atoms with Crippen molar-refractivity contribution in [3.05, 3.63) is 17.5 Å². The van der Waals surface area contributed by atoms with Crippen LogP contribution in [0.15, 0.2) is 6.07 Å². The Balaban J connectivity index is 1.77. The van der Waals surface area contributed by atoms with E-state index in [4.69, 9.17) is 10.8 Å². The fourth-order valence-corrected chi connectivity index (χ4v) is 5.33. The van der Waals surface area contributed by atoms with Gasteiger partial charge in [0.05, 0.1) is 5.69 Å². The first-order chi connectivity index (χ1) is 9.17. The molecule has 4 heteroatoms. The average molecular weight is 258 g/mol. The van der Waals surface area contributed by atoms with E-state index < -0.39 is 0 Å². The van der Waals surface area contributed by atoms with Crippen molar-refractivity contribution in [1.82, 2.24) is 9.97 Å². The van der Waals surface area contributed by atoms with E-state index in [1.54, 1.807) is 0 Å². The molecule has 0 saturated heterocycles. The molecule has 0 atom stereocenters. The molecular weight excluding hydrogens is 236 g/mol. The lowest BCUT2D eigenvalue weighted by Gasteiger charge is -2.56. The zero-order valence-corrected chi connectivity index (χ0v) is 11.5. The number of nitrogen functional groups attached to an aromatic ring is 1. The van der Waals surface area contributed by atoms with Crippen molar-refractivity contribution in [2.75, 3.05) is 5.43 Å². The van der Waals surface area contributed by atoms with Crippen LogP contribution in [0, 0.1) is 24.7 Å². The van der Waals surface area contributed by atoms with Crippen molar-refractivity contribution < 1.29 is 0 Å². The fourth-order valence-electron chi connectivity index (χ4n) is 5.33. The summed E-state index contributed by atoms with van der Waals surface area (Å²) in [6.07, 6.45) is 8.39. The maximum absolute atomic E-state index is 5.50. The Morgan fingerprint density at radius 2 is 1.68 bits per heavy atom. The van der Waals surface area contributed by atoms with Crippen molar-refractivity contribution in [3.8, 4) is 0 Å². The quantitative estimate of drug-likeness (QED) is 0.632. The molecule has 4 nitrogen and oxygen atoms in total. The molecule has 0 amide bonds. The highest BCUT2D eigenvalue weighted by molar-refractivity contribution is 5.32. The minimum atomic E-state index is 0.327. The van der Waals surface area contributed by atoms with Gasteiger partial charge in [0.1, 0.15) is 0 Å². The van der Waals surface area contributed by atoms with Gasteiger partial charge in [-0.2, -0.15) is 0 Å². The zero-order chi connectivity index (χ0) is 13.0. The Morgan fingerprint density at radius 1 is 1.11 bits per heavy atom. The average Bonchev–Trinajstić information content (AvgIpc) is 2.36. The highest BCUT2D eigenvalue weighted by Crippen LogP contribution is 2.60. The molecule has 0 radical (unpaired) electrons. The number of hydrogen-bond donors (Lipinski definition) is 2. The lowest BCUT2D eigenvalue weighted by atomic mass is 9.49. The van der Waals surface area contributed by atoms with Gasteiger partial charge in [-0.15, -0.1) is 0 Å². The summed E-state index contributed by atoms with van der Waals surface area (Å²) in [5.41, 5.74) is 5.21. The molecule has 1 aromatic heterocycles. The molecule has 4 bridgehead atoms. The van der Waals surface area contributed by atoms with Crippen LogP contribution in [-0.4, -0.2) is 9.97 Å². The molecule has 4 fully saturated rings. The summed E-state index contributed by atoms with van der Waals surface area (Å²) >= 11 is 0. The number of nitrogens with one attached hydrogen (secondary N) is 1. The fraction of sp³-hybridized carbons (Fsp3) is 0.733. The number of hydrogen-bond acceptors (Lipinski definition) is 4. The van der Waals surface area contributed by atoms with Crippen molar-refractivity contribution in [2.45, 2.75) is 50.9 Å². The van der Waals surface area contributed by atoms with Crippen LogP contribution in [-0.2, 0) is 5.41 Å². The van der Waals surface area contributed by atoms with Crippen LogP contribution in [0.1, 0.15) is 49.9 Å². The number of aromatic nitrogens is 2. The van der Waals surface area contributed by atoms with Gasteiger partial charge >= 0.3 is 0 Å². The number of hydrazine groups is 1. The van der Waals surface area contributed by atoms with Gasteiger partial charge in [-0.05, 0) is 69.3 Å². The van der Waals surface area contributed by atoms with Crippen LogP contribution in [0.2, 0.25) is 0 Å². The van der Waals surface area contributed by atoms with Crippen molar-refractivity contribution in [1.29, 1.82) is 0 Å². The topological polar surface area (TPSA) is 63.8 Å². The largest absolute Gasteiger partial charge is 0.292 e. The molecule has 4 saturated carbocycles. The van der Waals surface area contributed by atoms with Gasteiger partial charge in [0, 0.05) is 11.1 Å². The van der Waals surface area contributed by atoms with Crippen molar-refractivity contribution >= 4 is 5.95 Å². The first-order valence-electron chi connectivity index (χ1n) is 7.50. The normalized spacial score (nSPS) is 39.6. The van der Waals surface area contributed by atoms with Crippen LogP contribution in [0.4, 0.5) is 5.95 Å². The Morgan fingerprint density at radius 3 is 2.21 bits per heavy atom. The van der Waals surface area contributed by atoms with Gasteiger partial charge in [0.25, 0.3) is 0 Å². The predicted molar refractivity (Wildman–Crippen MR) is 74.4 cm³/mol.